The average Bonchev–Trinajstić information content (AvgIpc) is 2.72. The second-order valence-corrected chi connectivity index (χ2v) is 10.0. The quantitative estimate of drug-likeness (QED) is 0.608. The van der Waals surface area contributed by atoms with Crippen molar-refractivity contribution in [1.29, 1.82) is 0 Å². The Labute approximate surface area is 195 Å². The maximum atomic E-state index is 12.5. The monoisotopic (exact) mass is 462 g/mol. The predicted octanol–water partition coefficient (Wildman–Crippen LogP) is 5.35. The lowest BCUT2D eigenvalue weighted by Crippen LogP contribution is -2.55. The Bertz CT molecular complexity index is 862. The Kier molecular flexibility index (Phi) is 8.23. The van der Waals surface area contributed by atoms with E-state index in [0.29, 0.717) is 10.0 Å². The summed E-state index contributed by atoms with van der Waals surface area (Å²) in [6.45, 7) is 12.1. The zero-order valence-corrected chi connectivity index (χ0v) is 20.0. The van der Waals surface area contributed by atoms with Gasteiger partial charge in [0, 0.05) is 51.0 Å². The van der Waals surface area contributed by atoms with E-state index in [2.05, 4.69) is 41.2 Å². The highest BCUT2D eigenvalue weighted by atomic mass is 35.5. The second kappa shape index (κ2) is 10.7. The van der Waals surface area contributed by atoms with Gasteiger partial charge in [0.25, 0.3) is 0 Å². The SMILES string of the molecule is CC(C)(C)[C@H](CN1CCN(Cc2ccc(Cl)c(Cl)c2)CC1)NC(=O)Nc1ccccc1. The molecule has 31 heavy (non-hydrogen) atoms. The van der Waals surface area contributed by atoms with Crippen LogP contribution in [0.25, 0.3) is 0 Å². The van der Waals surface area contributed by atoms with Gasteiger partial charge in [-0.15, -0.1) is 0 Å². The van der Waals surface area contributed by atoms with Gasteiger partial charge in [-0.2, -0.15) is 0 Å². The molecule has 1 aliphatic heterocycles. The van der Waals surface area contributed by atoms with Gasteiger partial charge in [-0.3, -0.25) is 9.80 Å². The fraction of sp³-hybridized carbons (Fsp3) is 0.458. The summed E-state index contributed by atoms with van der Waals surface area (Å²) >= 11 is 12.2. The van der Waals surface area contributed by atoms with Gasteiger partial charge in [0.2, 0.25) is 0 Å². The topological polar surface area (TPSA) is 47.6 Å². The van der Waals surface area contributed by atoms with Crippen molar-refractivity contribution in [3.8, 4) is 0 Å². The van der Waals surface area contributed by atoms with E-state index >= 15 is 0 Å². The van der Waals surface area contributed by atoms with E-state index in [-0.39, 0.29) is 17.5 Å². The van der Waals surface area contributed by atoms with E-state index in [9.17, 15) is 4.79 Å². The third-order valence-corrected chi connectivity index (χ3v) is 6.42. The third-order valence-electron chi connectivity index (χ3n) is 5.68. The number of amides is 2. The normalized spacial score (nSPS) is 16.7. The lowest BCUT2D eigenvalue weighted by Gasteiger charge is -2.40. The van der Waals surface area contributed by atoms with Gasteiger partial charge in [0.1, 0.15) is 0 Å². The number of benzene rings is 2. The number of carbonyl (C=O) groups excluding carboxylic acids is 1. The first-order chi connectivity index (χ1) is 14.7. The number of anilines is 1. The van der Waals surface area contributed by atoms with Crippen molar-refractivity contribution in [2.75, 3.05) is 38.0 Å². The van der Waals surface area contributed by atoms with Crippen molar-refractivity contribution < 1.29 is 4.79 Å². The van der Waals surface area contributed by atoms with E-state index < -0.39 is 0 Å². The van der Waals surface area contributed by atoms with Crippen LogP contribution in [0.5, 0.6) is 0 Å². The molecule has 1 fully saturated rings. The van der Waals surface area contributed by atoms with Gasteiger partial charge in [0.15, 0.2) is 0 Å². The highest BCUT2D eigenvalue weighted by Gasteiger charge is 2.29. The first-order valence-corrected chi connectivity index (χ1v) is 11.5. The van der Waals surface area contributed by atoms with Crippen molar-refractivity contribution in [2.24, 2.45) is 5.41 Å². The Hall–Kier alpha value is -1.79. The largest absolute Gasteiger partial charge is 0.333 e. The summed E-state index contributed by atoms with van der Waals surface area (Å²) in [7, 11) is 0. The van der Waals surface area contributed by atoms with Gasteiger partial charge in [-0.1, -0.05) is 68.2 Å². The first kappa shape index (κ1) is 23.9. The molecule has 0 bridgehead atoms. The molecule has 5 nitrogen and oxygen atoms in total. The number of halogens is 2. The van der Waals surface area contributed by atoms with Crippen LogP contribution in [0.15, 0.2) is 48.5 Å². The molecule has 0 spiro atoms. The molecule has 0 aromatic heterocycles. The summed E-state index contributed by atoms with van der Waals surface area (Å²) in [5.41, 5.74) is 1.92. The molecule has 168 valence electrons. The standard InChI is InChI=1S/C24H32Cl2N4O/c1-24(2,3)22(28-23(31)27-19-7-5-4-6-8-19)17-30-13-11-29(12-14-30)16-18-9-10-20(25)21(26)15-18/h4-10,15,22H,11-14,16-17H2,1-3H3,(H2,27,28,31)/t22-/m0/s1. The van der Waals surface area contributed by atoms with Crippen LogP contribution in [0.1, 0.15) is 26.3 Å². The van der Waals surface area contributed by atoms with Crippen molar-refractivity contribution in [2.45, 2.75) is 33.4 Å². The van der Waals surface area contributed by atoms with Crippen molar-refractivity contribution >= 4 is 34.9 Å². The molecule has 2 amide bonds. The summed E-state index contributed by atoms with van der Waals surface area (Å²) in [6.07, 6.45) is 0. The summed E-state index contributed by atoms with van der Waals surface area (Å²) in [5, 5.41) is 7.30. The van der Waals surface area contributed by atoms with E-state index in [4.69, 9.17) is 23.2 Å². The Morgan fingerprint density at radius 2 is 1.61 bits per heavy atom. The molecule has 2 aromatic carbocycles. The van der Waals surface area contributed by atoms with Gasteiger partial charge in [-0.05, 0) is 35.2 Å². The molecule has 0 saturated carbocycles. The average molecular weight is 463 g/mol. The van der Waals surface area contributed by atoms with Crippen molar-refractivity contribution in [3.63, 3.8) is 0 Å². The van der Waals surface area contributed by atoms with Gasteiger partial charge in [0.05, 0.1) is 10.0 Å². The van der Waals surface area contributed by atoms with Crippen molar-refractivity contribution in [3.05, 3.63) is 64.1 Å². The Morgan fingerprint density at radius 1 is 0.968 bits per heavy atom. The lowest BCUT2D eigenvalue weighted by atomic mass is 9.86. The maximum Gasteiger partial charge on any atom is 0.319 e. The Balaban J connectivity index is 1.50. The predicted molar refractivity (Wildman–Crippen MR) is 130 cm³/mol. The highest BCUT2D eigenvalue weighted by Crippen LogP contribution is 2.24. The van der Waals surface area contributed by atoms with Crippen molar-refractivity contribution in [1.82, 2.24) is 15.1 Å². The van der Waals surface area contributed by atoms with Gasteiger partial charge in [-0.25, -0.2) is 4.79 Å². The second-order valence-electron chi connectivity index (χ2n) is 9.21. The summed E-state index contributed by atoms with van der Waals surface area (Å²) in [4.78, 5) is 17.4. The number of hydrogen-bond donors (Lipinski definition) is 2. The number of carbonyl (C=O) groups is 1. The van der Waals surface area contributed by atoms with E-state index in [1.54, 1.807) is 0 Å². The maximum absolute atomic E-state index is 12.5. The molecule has 7 heteroatoms. The first-order valence-electron chi connectivity index (χ1n) is 10.7. The summed E-state index contributed by atoms with van der Waals surface area (Å²) < 4.78 is 0. The molecule has 0 aliphatic carbocycles. The Morgan fingerprint density at radius 3 is 2.23 bits per heavy atom. The number of nitrogens with zero attached hydrogens (tertiary/aromatic N) is 2. The van der Waals surface area contributed by atoms with Crippen LogP contribution < -0.4 is 10.6 Å². The van der Waals surface area contributed by atoms with Crippen LogP contribution in [0.3, 0.4) is 0 Å². The lowest BCUT2D eigenvalue weighted by molar-refractivity contribution is 0.101. The third kappa shape index (κ3) is 7.39. The molecular weight excluding hydrogens is 431 g/mol. The molecular formula is C24H32Cl2N4O. The molecule has 1 atom stereocenters. The fourth-order valence-electron chi connectivity index (χ4n) is 3.67. The number of rotatable bonds is 6. The molecule has 0 radical (unpaired) electrons. The number of nitrogens with one attached hydrogen (secondary N) is 2. The summed E-state index contributed by atoms with van der Waals surface area (Å²) in [6, 6.07) is 15.2. The number of piperazine rings is 1. The molecule has 1 heterocycles. The zero-order chi connectivity index (χ0) is 22.4. The minimum atomic E-state index is -0.163. The zero-order valence-electron chi connectivity index (χ0n) is 18.5. The highest BCUT2D eigenvalue weighted by molar-refractivity contribution is 6.42. The van der Waals surface area contributed by atoms with E-state index in [1.807, 2.05) is 48.5 Å². The number of urea groups is 1. The van der Waals surface area contributed by atoms with Crippen LogP contribution >= 0.6 is 23.2 Å². The van der Waals surface area contributed by atoms with Crippen LogP contribution in [0, 0.1) is 5.41 Å². The molecule has 0 unspecified atom stereocenters. The summed E-state index contributed by atoms with van der Waals surface area (Å²) in [5.74, 6) is 0. The number of para-hydroxylation sites is 1. The van der Waals surface area contributed by atoms with Crippen LogP contribution in [-0.2, 0) is 6.54 Å². The molecule has 2 aromatic rings. The molecule has 1 saturated heterocycles. The van der Waals surface area contributed by atoms with E-state index in [0.717, 1.165) is 45.0 Å². The minimum absolute atomic E-state index is 0.0397. The number of hydrogen-bond acceptors (Lipinski definition) is 3. The van der Waals surface area contributed by atoms with Crippen LogP contribution in [0.4, 0.5) is 10.5 Å². The van der Waals surface area contributed by atoms with Gasteiger partial charge < -0.3 is 10.6 Å². The minimum Gasteiger partial charge on any atom is -0.333 e. The van der Waals surface area contributed by atoms with E-state index in [1.165, 1.54) is 5.56 Å². The molecule has 1 aliphatic rings. The van der Waals surface area contributed by atoms with Gasteiger partial charge >= 0.3 is 6.03 Å². The van der Waals surface area contributed by atoms with Crippen LogP contribution in [-0.4, -0.2) is 54.6 Å². The molecule has 3 rings (SSSR count). The van der Waals surface area contributed by atoms with Crippen LogP contribution in [0.2, 0.25) is 10.0 Å². The smallest absolute Gasteiger partial charge is 0.319 e. The molecule has 2 N–H and O–H groups in total. The fourth-order valence-corrected chi connectivity index (χ4v) is 3.99.